The summed E-state index contributed by atoms with van der Waals surface area (Å²) in [5.74, 6) is 3.01. The summed E-state index contributed by atoms with van der Waals surface area (Å²) in [4.78, 5) is 0. The average molecular weight is 226 g/mol. The van der Waals surface area contributed by atoms with Gasteiger partial charge in [0.1, 0.15) is 0 Å². The van der Waals surface area contributed by atoms with Crippen LogP contribution in [0.15, 0.2) is 0 Å². The lowest BCUT2D eigenvalue weighted by atomic mass is 9.78. The fourth-order valence-electron chi connectivity index (χ4n) is 2.76. The molecular weight excluding hydrogens is 196 g/mol. The molecule has 0 amide bonds. The second-order valence-corrected chi connectivity index (χ2v) is 6.02. The smallest absolute Gasteiger partial charge is 0.00953 e. The zero-order chi connectivity index (χ0) is 12.1. The van der Waals surface area contributed by atoms with E-state index in [1.807, 2.05) is 0 Å². The zero-order valence-corrected chi connectivity index (χ0v) is 11.5. The van der Waals surface area contributed by atoms with E-state index in [1.165, 1.54) is 19.3 Å². The quantitative estimate of drug-likeness (QED) is 0.756. The molecule has 0 radical (unpaired) electrons. The Morgan fingerprint density at radius 3 is 2.50 bits per heavy atom. The third-order valence-electron chi connectivity index (χ3n) is 4.59. The van der Waals surface area contributed by atoms with Gasteiger partial charge in [-0.05, 0) is 43.2 Å². The van der Waals surface area contributed by atoms with Crippen LogP contribution in [0, 0.1) is 23.7 Å². The second kappa shape index (κ2) is 6.61. The lowest BCUT2D eigenvalue weighted by molar-refractivity contribution is 0.195. The van der Waals surface area contributed by atoms with Gasteiger partial charge in [0, 0.05) is 6.04 Å². The summed E-state index contributed by atoms with van der Waals surface area (Å²) in [5.41, 5.74) is 5.81. The molecule has 16 heavy (non-hydrogen) atoms. The normalized spacial score (nSPS) is 33.0. The number of nitrogens with two attached hydrogens (primary N) is 1. The van der Waals surface area contributed by atoms with Gasteiger partial charge in [-0.15, -0.1) is 0 Å². The van der Waals surface area contributed by atoms with Gasteiger partial charge < -0.3 is 11.1 Å². The van der Waals surface area contributed by atoms with Crippen molar-refractivity contribution in [2.45, 2.75) is 53.0 Å². The monoisotopic (exact) mass is 226 g/mol. The van der Waals surface area contributed by atoms with Crippen LogP contribution < -0.4 is 11.1 Å². The van der Waals surface area contributed by atoms with Crippen LogP contribution in [0.2, 0.25) is 0 Å². The molecule has 1 aliphatic carbocycles. The van der Waals surface area contributed by atoms with Crippen molar-refractivity contribution in [1.82, 2.24) is 5.32 Å². The molecule has 0 saturated heterocycles. The summed E-state index contributed by atoms with van der Waals surface area (Å²) in [6, 6.07) is 0.719. The highest BCUT2D eigenvalue weighted by atomic mass is 14.9. The minimum absolute atomic E-state index is 0.629. The first-order chi connectivity index (χ1) is 7.56. The predicted octanol–water partition coefficient (Wildman–Crippen LogP) is 2.63. The molecule has 0 heterocycles. The van der Waals surface area contributed by atoms with Crippen LogP contribution in [0.25, 0.3) is 0 Å². The number of nitrogens with one attached hydrogen (secondary N) is 1. The Hall–Kier alpha value is -0.0800. The molecule has 0 spiro atoms. The van der Waals surface area contributed by atoms with Crippen LogP contribution >= 0.6 is 0 Å². The largest absolute Gasteiger partial charge is 0.330 e. The van der Waals surface area contributed by atoms with Gasteiger partial charge in [-0.25, -0.2) is 0 Å². The van der Waals surface area contributed by atoms with E-state index in [2.05, 4.69) is 33.0 Å². The fourth-order valence-corrected chi connectivity index (χ4v) is 2.76. The molecule has 1 aliphatic rings. The predicted molar refractivity (Wildman–Crippen MR) is 71.4 cm³/mol. The van der Waals surface area contributed by atoms with E-state index in [0.29, 0.717) is 11.8 Å². The Morgan fingerprint density at radius 2 is 1.94 bits per heavy atom. The maximum Gasteiger partial charge on any atom is 0.00953 e. The third-order valence-corrected chi connectivity index (χ3v) is 4.59. The summed E-state index contributed by atoms with van der Waals surface area (Å²) < 4.78 is 0. The molecule has 4 atom stereocenters. The maximum absolute atomic E-state index is 5.81. The van der Waals surface area contributed by atoms with Gasteiger partial charge in [-0.2, -0.15) is 0 Å². The van der Waals surface area contributed by atoms with Gasteiger partial charge in [0.05, 0.1) is 0 Å². The van der Waals surface area contributed by atoms with E-state index < -0.39 is 0 Å². The van der Waals surface area contributed by atoms with Crippen molar-refractivity contribution < 1.29 is 0 Å². The molecule has 96 valence electrons. The first-order valence-corrected chi connectivity index (χ1v) is 6.99. The highest BCUT2D eigenvalue weighted by molar-refractivity contribution is 4.83. The summed E-state index contributed by atoms with van der Waals surface area (Å²) >= 11 is 0. The van der Waals surface area contributed by atoms with Gasteiger partial charge in [-0.3, -0.25) is 0 Å². The SMILES string of the molecule is CC(C)C(CN)CNC1CCCC(C)C1C. The highest BCUT2D eigenvalue weighted by Gasteiger charge is 2.27. The summed E-state index contributed by atoms with van der Waals surface area (Å²) in [6.45, 7) is 11.2. The van der Waals surface area contributed by atoms with Crippen LogP contribution in [0.1, 0.15) is 47.0 Å². The molecule has 0 aromatic carbocycles. The summed E-state index contributed by atoms with van der Waals surface area (Å²) in [7, 11) is 0. The number of hydrogen-bond donors (Lipinski definition) is 2. The second-order valence-electron chi connectivity index (χ2n) is 6.02. The molecule has 1 rings (SSSR count). The first-order valence-electron chi connectivity index (χ1n) is 6.99. The first kappa shape index (κ1) is 14.0. The molecule has 0 aliphatic heterocycles. The third kappa shape index (κ3) is 3.74. The van der Waals surface area contributed by atoms with Crippen molar-refractivity contribution in [2.75, 3.05) is 13.1 Å². The van der Waals surface area contributed by atoms with E-state index in [1.54, 1.807) is 0 Å². The van der Waals surface area contributed by atoms with Crippen molar-refractivity contribution in [3.05, 3.63) is 0 Å². The van der Waals surface area contributed by atoms with Gasteiger partial charge in [-0.1, -0.05) is 40.5 Å². The number of hydrogen-bond acceptors (Lipinski definition) is 2. The highest BCUT2D eigenvalue weighted by Crippen LogP contribution is 2.29. The minimum atomic E-state index is 0.629. The van der Waals surface area contributed by atoms with Crippen LogP contribution in [0.3, 0.4) is 0 Å². The zero-order valence-electron chi connectivity index (χ0n) is 11.5. The Labute approximate surface area is 101 Å². The topological polar surface area (TPSA) is 38.0 Å². The van der Waals surface area contributed by atoms with E-state index in [0.717, 1.165) is 31.0 Å². The Bertz CT molecular complexity index is 191. The number of rotatable bonds is 5. The van der Waals surface area contributed by atoms with E-state index in [-0.39, 0.29) is 0 Å². The molecule has 3 N–H and O–H groups in total. The maximum atomic E-state index is 5.81. The van der Waals surface area contributed by atoms with Crippen molar-refractivity contribution in [3.63, 3.8) is 0 Å². The van der Waals surface area contributed by atoms with Crippen LogP contribution in [0.4, 0.5) is 0 Å². The summed E-state index contributed by atoms with van der Waals surface area (Å²) in [6.07, 6.45) is 4.14. The fraction of sp³-hybridized carbons (Fsp3) is 1.00. The molecule has 1 saturated carbocycles. The van der Waals surface area contributed by atoms with Crippen molar-refractivity contribution >= 4 is 0 Å². The molecule has 1 fully saturated rings. The standard InChI is InChI=1S/C14H30N2/c1-10(2)13(8-15)9-16-14-7-5-6-11(3)12(14)4/h10-14,16H,5-9,15H2,1-4H3. The van der Waals surface area contributed by atoms with Gasteiger partial charge >= 0.3 is 0 Å². The molecule has 4 unspecified atom stereocenters. The molecule has 0 aromatic rings. The molecular formula is C14H30N2. The van der Waals surface area contributed by atoms with Crippen LogP contribution in [-0.4, -0.2) is 19.1 Å². The average Bonchev–Trinajstić information content (AvgIpc) is 2.24. The van der Waals surface area contributed by atoms with Gasteiger partial charge in [0.25, 0.3) is 0 Å². The van der Waals surface area contributed by atoms with E-state index in [9.17, 15) is 0 Å². The van der Waals surface area contributed by atoms with E-state index >= 15 is 0 Å². The van der Waals surface area contributed by atoms with Gasteiger partial charge in [0.15, 0.2) is 0 Å². The lowest BCUT2D eigenvalue weighted by Crippen LogP contribution is -2.44. The van der Waals surface area contributed by atoms with Crippen LogP contribution in [-0.2, 0) is 0 Å². The van der Waals surface area contributed by atoms with Crippen molar-refractivity contribution in [2.24, 2.45) is 29.4 Å². The summed E-state index contributed by atoms with van der Waals surface area (Å²) in [5, 5.41) is 3.75. The van der Waals surface area contributed by atoms with E-state index in [4.69, 9.17) is 5.73 Å². The Morgan fingerprint density at radius 1 is 1.25 bits per heavy atom. The minimum Gasteiger partial charge on any atom is -0.330 e. The van der Waals surface area contributed by atoms with Crippen LogP contribution in [0.5, 0.6) is 0 Å². The Kier molecular flexibility index (Phi) is 5.77. The molecule has 2 nitrogen and oxygen atoms in total. The van der Waals surface area contributed by atoms with Crippen molar-refractivity contribution in [1.29, 1.82) is 0 Å². The molecule has 0 bridgehead atoms. The van der Waals surface area contributed by atoms with Gasteiger partial charge in [0.2, 0.25) is 0 Å². The van der Waals surface area contributed by atoms with Crippen molar-refractivity contribution in [3.8, 4) is 0 Å². The molecule has 0 aromatic heterocycles. The lowest BCUT2D eigenvalue weighted by Gasteiger charge is -2.36. The molecule has 2 heteroatoms. The Balaban J connectivity index is 2.35.